The van der Waals surface area contributed by atoms with Gasteiger partial charge in [-0.05, 0) is 48.8 Å². The van der Waals surface area contributed by atoms with E-state index in [4.69, 9.17) is 0 Å². The van der Waals surface area contributed by atoms with Crippen LogP contribution in [0.4, 0.5) is 0 Å². The molecule has 0 heterocycles. The Morgan fingerprint density at radius 2 is 1.84 bits per heavy atom. The first-order valence-corrected chi connectivity index (χ1v) is 6.51. The molecule has 1 aliphatic rings. The van der Waals surface area contributed by atoms with Crippen LogP contribution >= 0.6 is 0 Å². The minimum Gasteiger partial charge on any atom is -0.380 e. The monoisotopic (exact) mass is 256 g/mol. The van der Waals surface area contributed by atoms with E-state index in [1.807, 2.05) is 20.0 Å². The van der Waals surface area contributed by atoms with Crippen molar-refractivity contribution in [3.05, 3.63) is 71.5 Å². The van der Waals surface area contributed by atoms with Crippen molar-refractivity contribution < 1.29 is 0 Å². The molecule has 2 heteroatoms. The number of likely N-dealkylation sites (N-methyl/N-ethyl adjacent to an activating group) is 1. The first-order chi connectivity index (χ1) is 9.04. The quantitative estimate of drug-likeness (QED) is 0.683. The fourth-order valence-corrected chi connectivity index (χ4v) is 1.98. The molecule has 0 aromatic heterocycles. The summed E-state index contributed by atoms with van der Waals surface area (Å²) in [5, 5.41) is 6.56. The van der Waals surface area contributed by atoms with Crippen LogP contribution in [0.25, 0.3) is 0 Å². The van der Waals surface area contributed by atoms with E-state index in [1.165, 1.54) is 16.7 Å². The lowest BCUT2D eigenvalue weighted by atomic mass is 9.85. The Bertz CT molecular complexity index is 487. The molecule has 2 nitrogen and oxygen atoms in total. The van der Waals surface area contributed by atoms with Crippen LogP contribution < -0.4 is 10.6 Å². The van der Waals surface area contributed by atoms with Gasteiger partial charge in [-0.15, -0.1) is 0 Å². The molecule has 2 N–H and O–H groups in total. The van der Waals surface area contributed by atoms with Crippen molar-refractivity contribution in [2.75, 3.05) is 20.1 Å². The number of nitrogens with one attached hydrogen (secondary N) is 2. The van der Waals surface area contributed by atoms with Crippen LogP contribution in [0.5, 0.6) is 0 Å². The maximum Gasteiger partial charge on any atom is 0.0452 e. The number of hydrogen-bond acceptors (Lipinski definition) is 2. The third-order valence-corrected chi connectivity index (χ3v) is 3.35. The number of allylic oxidation sites excluding steroid dienone is 3. The molecule has 1 rings (SSSR count). The Morgan fingerprint density at radius 3 is 2.32 bits per heavy atom. The third kappa shape index (κ3) is 3.58. The van der Waals surface area contributed by atoms with Crippen LogP contribution in [0.15, 0.2) is 71.5 Å². The predicted molar refractivity (Wildman–Crippen MR) is 84.9 cm³/mol. The molecule has 0 aliphatic heterocycles. The van der Waals surface area contributed by atoms with Gasteiger partial charge in [0.15, 0.2) is 0 Å². The molecular weight excluding hydrogens is 232 g/mol. The van der Waals surface area contributed by atoms with Gasteiger partial charge in [0.25, 0.3) is 0 Å². The largest absolute Gasteiger partial charge is 0.380 e. The van der Waals surface area contributed by atoms with Crippen molar-refractivity contribution >= 4 is 0 Å². The molecular formula is C17H24N2. The van der Waals surface area contributed by atoms with Crippen LogP contribution in [0.3, 0.4) is 0 Å². The van der Waals surface area contributed by atoms with E-state index in [0.717, 1.165) is 29.9 Å². The van der Waals surface area contributed by atoms with Crippen molar-refractivity contribution in [3.63, 3.8) is 0 Å². The smallest absolute Gasteiger partial charge is 0.0452 e. The number of rotatable bonds is 7. The lowest BCUT2D eigenvalue weighted by molar-refractivity contribution is 0.850. The summed E-state index contributed by atoms with van der Waals surface area (Å²) in [5.74, 6) is 0. The van der Waals surface area contributed by atoms with Gasteiger partial charge in [0.2, 0.25) is 0 Å². The summed E-state index contributed by atoms with van der Waals surface area (Å²) in [5.41, 5.74) is 6.84. The summed E-state index contributed by atoms with van der Waals surface area (Å²) in [6.45, 7) is 17.5. The Kier molecular flexibility index (Phi) is 5.58. The van der Waals surface area contributed by atoms with Crippen molar-refractivity contribution in [1.29, 1.82) is 0 Å². The van der Waals surface area contributed by atoms with Gasteiger partial charge >= 0.3 is 0 Å². The number of hydrogen-bond donors (Lipinski definition) is 2. The van der Waals surface area contributed by atoms with Crippen molar-refractivity contribution in [2.45, 2.75) is 13.8 Å². The van der Waals surface area contributed by atoms with Crippen molar-refractivity contribution in [3.8, 4) is 0 Å². The molecule has 19 heavy (non-hydrogen) atoms. The second kappa shape index (κ2) is 6.95. The minimum absolute atomic E-state index is 0.788. The Labute approximate surface area is 117 Å². The van der Waals surface area contributed by atoms with Gasteiger partial charge in [0, 0.05) is 18.8 Å². The topological polar surface area (TPSA) is 24.1 Å². The fraction of sp³-hybridized carbons (Fsp3) is 0.294. The summed E-state index contributed by atoms with van der Waals surface area (Å²) < 4.78 is 0. The highest BCUT2D eigenvalue weighted by Gasteiger charge is 2.21. The second-order valence-corrected chi connectivity index (χ2v) is 4.63. The maximum absolute atomic E-state index is 4.00. The predicted octanol–water partition coefficient (Wildman–Crippen LogP) is 3.25. The molecule has 0 radical (unpaired) electrons. The van der Waals surface area contributed by atoms with Gasteiger partial charge in [0.05, 0.1) is 0 Å². The summed E-state index contributed by atoms with van der Waals surface area (Å²) in [6.07, 6.45) is 6.15. The van der Waals surface area contributed by atoms with E-state index in [-0.39, 0.29) is 0 Å². The van der Waals surface area contributed by atoms with E-state index in [9.17, 15) is 0 Å². The fourth-order valence-electron chi connectivity index (χ4n) is 1.98. The Hall–Kier alpha value is -1.80. The van der Waals surface area contributed by atoms with Crippen LogP contribution in [0.2, 0.25) is 0 Å². The zero-order chi connectivity index (χ0) is 14.4. The Balaban J connectivity index is 2.68. The zero-order valence-electron chi connectivity index (χ0n) is 12.3. The summed E-state index contributed by atoms with van der Waals surface area (Å²) in [4.78, 5) is 0. The molecule has 1 aliphatic carbocycles. The summed E-state index contributed by atoms with van der Waals surface area (Å²) >= 11 is 0. The Morgan fingerprint density at radius 1 is 1.16 bits per heavy atom. The first kappa shape index (κ1) is 15.3. The third-order valence-electron chi connectivity index (χ3n) is 3.35. The highest BCUT2D eigenvalue weighted by molar-refractivity contribution is 5.66. The van der Waals surface area contributed by atoms with Crippen LogP contribution in [-0.4, -0.2) is 20.1 Å². The van der Waals surface area contributed by atoms with Gasteiger partial charge < -0.3 is 10.6 Å². The molecule has 0 spiro atoms. The molecule has 0 atom stereocenters. The molecule has 0 amide bonds. The van der Waals surface area contributed by atoms with Gasteiger partial charge in [-0.2, -0.15) is 0 Å². The van der Waals surface area contributed by atoms with Gasteiger partial charge in [-0.1, -0.05) is 38.0 Å². The van der Waals surface area contributed by atoms with Gasteiger partial charge in [-0.3, -0.25) is 0 Å². The highest BCUT2D eigenvalue weighted by atomic mass is 14.9. The second-order valence-electron chi connectivity index (χ2n) is 4.63. The van der Waals surface area contributed by atoms with E-state index in [0.29, 0.717) is 0 Å². The lowest BCUT2D eigenvalue weighted by Gasteiger charge is -2.28. The normalized spacial score (nSPS) is 16.6. The maximum atomic E-state index is 4.00. The van der Waals surface area contributed by atoms with Gasteiger partial charge in [-0.25, -0.2) is 0 Å². The van der Waals surface area contributed by atoms with Gasteiger partial charge in [0.1, 0.15) is 0 Å². The molecule has 102 valence electrons. The van der Waals surface area contributed by atoms with E-state index in [2.05, 4.69) is 49.4 Å². The SMILES string of the molecule is C=C/C(=C\C(=C/C)CNC1=C(C)C(=C)C1=C)CNC. The molecule has 0 fully saturated rings. The summed E-state index contributed by atoms with van der Waals surface area (Å²) in [7, 11) is 1.93. The average Bonchev–Trinajstić information content (AvgIpc) is 2.44. The summed E-state index contributed by atoms with van der Waals surface area (Å²) in [6, 6.07) is 0. The van der Waals surface area contributed by atoms with Crippen molar-refractivity contribution in [2.24, 2.45) is 0 Å². The first-order valence-electron chi connectivity index (χ1n) is 6.51. The van der Waals surface area contributed by atoms with Crippen molar-refractivity contribution in [1.82, 2.24) is 10.6 Å². The zero-order valence-corrected chi connectivity index (χ0v) is 12.3. The molecule has 0 saturated carbocycles. The highest BCUT2D eigenvalue weighted by Crippen LogP contribution is 2.34. The standard InChI is InChI=1S/C17H24N2/c1-7-15(10-18-6)9-16(8-2)11-19-17-13(4)12(3)14(17)5/h7-9,18-19H,1,3-4,10-11H2,2,5-6H3/b15-9+,16-8+. The van der Waals surface area contributed by atoms with E-state index >= 15 is 0 Å². The van der Waals surface area contributed by atoms with Crippen LogP contribution in [-0.2, 0) is 0 Å². The van der Waals surface area contributed by atoms with E-state index in [1.54, 1.807) is 0 Å². The molecule has 0 aromatic carbocycles. The molecule has 0 saturated heterocycles. The van der Waals surface area contributed by atoms with Crippen LogP contribution in [0.1, 0.15) is 13.8 Å². The molecule has 0 aromatic rings. The average molecular weight is 256 g/mol. The van der Waals surface area contributed by atoms with Crippen LogP contribution in [0, 0.1) is 0 Å². The molecule has 0 unspecified atom stereocenters. The van der Waals surface area contributed by atoms with E-state index < -0.39 is 0 Å². The lowest BCUT2D eigenvalue weighted by Crippen LogP contribution is -2.25. The molecule has 0 bridgehead atoms. The minimum atomic E-state index is 0.788.